The Morgan fingerprint density at radius 3 is 2.28 bits per heavy atom. The summed E-state index contributed by atoms with van der Waals surface area (Å²) in [4.78, 5) is 34.9. The third kappa shape index (κ3) is 5.47. The van der Waals surface area contributed by atoms with Crippen molar-refractivity contribution >= 4 is 17.6 Å². The minimum Gasteiger partial charge on any atom is -0.439 e. The molecule has 0 spiro atoms. The second-order valence-electron chi connectivity index (χ2n) is 6.60. The zero-order valence-electron chi connectivity index (χ0n) is 16.6. The zero-order valence-corrected chi connectivity index (χ0v) is 16.6. The van der Waals surface area contributed by atoms with Gasteiger partial charge in [-0.2, -0.15) is 13.2 Å². The number of carbonyl (C=O) groups is 2. The SMILES string of the molecule is CC(Nc1cc(C(N)=O)nc(-c2ccc(Oc3ccc(C(F)(F)F)cn3)cc2)n1)C(N)=O. The van der Waals surface area contributed by atoms with Gasteiger partial charge in [0.15, 0.2) is 5.82 Å². The Kier molecular flexibility index (Phi) is 6.23. The number of ether oxygens (including phenoxy) is 1. The van der Waals surface area contributed by atoms with Gasteiger partial charge in [0, 0.05) is 23.9 Å². The molecule has 0 bridgehead atoms. The molecule has 3 rings (SSSR count). The molecule has 2 amide bonds. The number of alkyl halides is 3. The van der Waals surface area contributed by atoms with Crippen LogP contribution < -0.4 is 21.5 Å². The molecule has 0 radical (unpaired) electrons. The molecule has 1 aromatic carbocycles. The molecule has 166 valence electrons. The number of halogens is 3. The van der Waals surface area contributed by atoms with Gasteiger partial charge in [0.2, 0.25) is 11.8 Å². The molecule has 3 aromatic rings. The first-order chi connectivity index (χ1) is 15.0. The van der Waals surface area contributed by atoms with Gasteiger partial charge in [-0.25, -0.2) is 15.0 Å². The molecule has 5 N–H and O–H groups in total. The summed E-state index contributed by atoms with van der Waals surface area (Å²) in [5.41, 5.74) is 10.1. The average molecular weight is 446 g/mol. The first kappa shape index (κ1) is 22.5. The zero-order chi connectivity index (χ0) is 23.5. The van der Waals surface area contributed by atoms with Crippen LogP contribution in [0.25, 0.3) is 11.4 Å². The molecule has 2 aromatic heterocycles. The first-order valence-corrected chi connectivity index (χ1v) is 9.09. The van der Waals surface area contributed by atoms with E-state index in [2.05, 4.69) is 20.3 Å². The molecule has 9 nitrogen and oxygen atoms in total. The number of hydrogen-bond donors (Lipinski definition) is 3. The van der Waals surface area contributed by atoms with Crippen molar-refractivity contribution in [3.05, 3.63) is 59.9 Å². The Labute approximate surface area is 179 Å². The highest BCUT2D eigenvalue weighted by atomic mass is 19.4. The van der Waals surface area contributed by atoms with E-state index in [9.17, 15) is 22.8 Å². The monoisotopic (exact) mass is 446 g/mol. The quantitative estimate of drug-likeness (QED) is 0.506. The summed E-state index contributed by atoms with van der Waals surface area (Å²) in [6, 6.07) is 8.68. The van der Waals surface area contributed by atoms with Gasteiger partial charge in [0.1, 0.15) is 23.3 Å². The van der Waals surface area contributed by atoms with Crippen LogP contribution in [0.4, 0.5) is 19.0 Å². The van der Waals surface area contributed by atoms with Gasteiger partial charge in [-0.1, -0.05) is 0 Å². The van der Waals surface area contributed by atoms with Crippen LogP contribution >= 0.6 is 0 Å². The van der Waals surface area contributed by atoms with E-state index in [4.69, 9.17) is 16.2 Å². The molecule has 0 fully saturated rings. The van der Waals surface area contributed by atoms with E-state index in [0.29, 0.717) is 17.5 Å². The first-order valence-electron chi connectivity index (χ1n) is 9.09. The summed E-state index contributed by atoms with van der Waals surface area (Å²) in [6.07, 6.45) is -3.82. The van der Waals surface area contributed by atoms with Crippen molar-refractivity contribution in [1.82, 2.24) is 15.0 Å². The standard InChI is InChI=1S/C20H17F3N6O3/c1-10(17(24)30)27-15-8-14(18(25)31)28-19(29-15)11-2-5-13(6-3-11)32-16-7-4-12(9-26-16)20(21,22)23/h2-10H,1H3,(H2,24,30)(H2,25,31)(H,27,28,29). The molecule has 1 atom stereocenters. The lowest BCUT2D eigenvalue weighted by Gasteiger charge is -2.13. The smallest absolute Gasteiger partial charge is 0.417 e. The van der Waals surface area contributed by atoms with Crippen LogP contribution in [-0.4, -0.2) is 32.8 Å². The van der Waals surface area contributed by atoms with Crippen LogP contribution in [0.5, 0.6) is 11.6 Å². The molecule has 0 aliphatic carbocycles. The fourth-order valence-electron chi connectivity index (χ4n) is 2.47. The summed E-state index contributed by atoms with van der Waals surface area (Å²) < 4.78 is 43.3. The normalized spacial score (nSPS) is 12.1. The topological polar surface area (TPSA) is 146 Å². The van der Waals surface area contributed by atoms with Gasteiger partial charge in [-0.3, -0.25) is 9.59 Å². The molecule has 12 heteroatoms. The van der Waals surface area contributed by atoms with Crippen molar-refractivity contribution in [3.63, 3.8) is 0 Å². The van der Waals surface area contributed by atoms with Crippen LogP contribution in [0, 0.1) is 0 Å². The van der Waals surface area contributed by atoms with Crippen LogP contribution in [0.3, 0.4) is 0 Å². The third-order valence-electron chi connectivity index (χ3n) is 4.17. The highest BCUT2D eigenvalue weighted by molar-refractivity contribution is 5.92. The fraction of sp³-hybridized carbons (Fsp3) is 0.150. The molecule has 0 aliphatic rings. The molecule has 32 heavy (non-hydrogen) atoms. The van der Waals surface area contributed by atoms with Crippen LogP contribution in [-0.2, 0) is 11.0 Å². The number of nitrogens with two attached hydrogens (primary N) is 2. The molecule has 0 saturated heterocycles. The fourth-order valence-corrected chi connectivity index (χ4v) is 2.47. The van der Waals surface area contributed by atoms with Crippen LogP contribution in [0.1, 0.15) is 23.0 Å². The lowest BCUT2D eigenvalue weighted by Crippen LogP contribution is -2.33. The summed E-state index contributed by atoms with van der Waals surface area (Å²) in [7, 11) is 0. The van der Waals surface area contributed by atoms with Gasteiger partial charge in [-0.15, -0.1) is 0 Å². The Morgan fingerprint density at radius 2 is 1.75 bits per heavy atom. The minimum absolute atomic E-state index is 0.0235. The van der Waals surface area contributed by atoms with Crippen molar-refractivity contribution in [2.45, 2.75) is 19.1 Å². The van der Waals surface area contributed by atoms with Crippen LogP contribution in [0.15, 0.2) is 48.7 Å². The summed E-state index contributed by atoms with van der Waals surface area (Å²) >= 11 is 0. The Balaban J connectivity index is 1.82. The maximum absolute atomic E-state index is 12.6. The number of benzene rings is 1. The second kappa shape index (κ2) is 8.88. The van der Waals surface area contributed by atoms with Gasteiger partial charge >= 0.3 is 6.18 Å². The van der Waals surface area contributed by atoms with E-state index in [1.165, 1.54) is 25.1 Å². The molecular weight excluding hydrogens is 429 g/mol. The van der Waals surface area contributed by atoms with E-state index in [-0.39, 0.29) is 23.2 Å². The van der Waals surface area contributed by atoms with Crippen molar-refractivity contribution in [2.24, 2.45) is 11.5 Å². The summed E-state index contributed by atoms with van der Waals surface area (Å²) in [6.45, 7) is 1.52. The Morgan fingerprint density at radius 1 is 1.06 bits per heavy atom. The summed E-state index contributed by atoms with van der Waals surface area (Å²) in [5.74, 6) is -0.831. The number of aromatic nitrogens is 3. The van der Waals surface area contributed by atoms with Crippen molar-refractivity contribution in [1.29, 1.82) is 0 Å². The molecule has 0 saturated carbocycles. The maximum Gasteiger partial charge on any atom is 0.417 e. The number of anilines is 1. The van der Waals surface area contributed by atoms with Gasteiger partial charge in [-0.05, 0) is 37.3 Å². The maximum atomic E-state index is 12.6. The molecule has 0 aliphatic heterocycles. The predicted molar refractivity (Wildman–Crippen MR) is 108 cm³/mol. The second-order valence-corrected chi connectivity index (χ2v) is 6.60. The van der Waals surface area contributed by atoms with Gasteiger partial charge in [0.05, 0.1) is 5.56 Å². The van der Waals surface area contributed by atoms with Gasteiger partial charge < -0.3 is 21.5 Å². The van der Waals surface area contributed by atoms with Gasteiger partial charge in [0.25, 0.3) is 5.91 Å². The average Bonchev–Trinajstić information content (AvgIpc) is 2.73. The Hall–Kier alpha value is -4.22. The van der Waals surface area contributed by atoms with Crippen LogP contribution in [0.2, 0.25) is 0 Å². The highest BCUT2D eigenvalue weighted by Crippen LogP contribution is 2.30. The number of primary amides is 2. The molecule has 2 heterocycles. The minimum atomic E-state index is -4.49. The lowest BCUT2D eigenvalue weighted by molar-refractivity contribution is -0.137. The lowest BCUT2D eigenvalue weighted by atomic mass is 10.2. The molecule has 1 unspecified atom stereocenters. The van der Waals surface area contributed by atoms with E-state index in [0.717, 1.165) is 12.1 Å². The van der Waals surface area contributed by atoms with Crippen molar-refractivity contribution < 1.29 is 27.5 Å². The van der Waals surface area contributed by atoms with E-state index < -0.39 is 29.6 Å². The van der Waals surface area contributed by atoms with E-state index in [1.807, 2.05) is 0 Å². The number of amides is 2. The number of carbonyl (C=O) groups excluding carboxylic acids is 2. The van der Waals surface area contributed by atoms with Crippen molar-refractivity contribution in [2.75, 3.05) is 5.32 Å². The Bertz CT molecular complexity index is 1130. The highest BCUT2D eigenvalue weighted by Gasteiger charge is 2.30. The van der Waals surface area contributed by atoms with E-state index in [1.54, 1.807) is 12.1 Å². The number of rotatable bonds is 7. The molecular formula is C20H17F3N6O3. The largest absolute Gasteiger partial charge is 0.439 e. The van der Waals surface area contributed by atoms with Crippen molar-refractivity contribution in [3.8, 4) is 23.0 Å². The third-order valence-corrected chi connectivity index (χ3v) is 4.17. The number of nitrogens with one attached hydrogen (secondary N) is 1. The number of pyridine rings is 1. The van der Waals surface area contributed by atoms with E-state index >= 15 is 0 Å². The number of hydrogen-bond acceptors (Lipinski definition) is 7. The summed E-state index contributed by atoms with van der Waals surface area (Å²) in [5, 5.41) is 2.76. The predicted octanol–water partition coefficient (Wildman–Crippen LogP) is 2.73. The number of nitrogens with zero attached hydrogens (tertiary/aromatic N) is 3.